The van der Waals surface area contributed by atoms with E-state index in [-0.39, 0.29) is 11.9 Å². The maximum Gasteiger partial charge on any atom is 0.240 e. The number of carbonyl (C=O) groups is 1. The molecule has 1 saturated heterocycles. The number of amides is 1. The molecular formula is C10H18N4O. The van der Waals surface area contributed by atoms with E-state index in [0.717, 1.165) is 19.3 Å². The van der Waals surface area contributed by atoms with Crippen molar-refractivity contribution in [1.82, 2.24) is 4.90 Å². The lowest BCUT2D eigenvalue weighted by Crippen LogP contribution is -2.50. The van der Waals surface area contributed by atoms with Crippen molar-refractivity contribution < 1.29 is 4.79 Å². The lowest BCUT2D eigenvalue weighted by Gasteiger charge is -2.33. The van der Waals surface area contributed by atoms with Gasteiger partial charge >= 0.3 is 0 Å². The first kappa shape index (κ1) is 12.0. The van der Waals surface area contributed by atoms with Crippen molar-refractivity contribution in [3.63, 3.8) is 0 Å². The van der Waals surface area contributed by atoms with Crippen LogP contribution in [0.4, 0.5) is 0 Å². The molecule has 2 atom stereocenters. The molecule has 0 aromatic rings. The van der Waals surface area contributed by atoms with Gasteiger partial charge < -0.3 is 16.4 Å². The third-order valence-electron chi connectivity index (χ3n) is 2.73. The Morgan fingerprint density at radius 2 is 2.33 bits per heavy atom. The van der Waals surface area contributed by atoms with E-state index in [2.05, 4.69) is 6.07 Å². The molecule has 0 radical (unpaired) electrons. The zero-order valence-electron chi connectivity index (χ0n) is 8.85. The molecule has 1 heterocycles. The molecule has 1 unspecified atom stereocenters. The minimum Gasteiger partial charge on any atom is -0.330 e. The second-order valence-electron chi connectivity index (χ2n) is 3.86. The molecule has 15 heavy (non-hydrogen) atoms. The van der Waals surface area contributed by atoms with E-state index in [4.69, 9.17) is 16.7 Å². The molecule has 1 aliphatic heterocycles. The fraction of sp³-hybridized carbons (Fsp3) is 0.800. The van der Waals surface area contributed by atoms with Crippen molar-refractivity contribution in [3.05, 3.63) is 0 Å². The average molecular weight is 210 g/mol. The molecule has 5 heteroatoms. The van der Waals surface area contributed by atoms with Crippen molar-refractivity contribution in [1.29, 1.82) is 5.26 Å². The molecule has 1 rings (SSSR count). The van der Waals surface area contributed by atoms with Gasteiger partial charge in [0.05, 0.1) is 12.1 Å². The van der Waals surface area contributed by atoms with Crippen LogP contribution in [0.2, 0.25) is 0 Å². The summed E-state index contributed by atoms with van der Waals surface area (Å²) in [5.74, 6) is -0.133. The Labute approximate surface area is 90.0 Å². The van der Waals surface area contributed by atoms with Gasteiger partial charge in [-0.3, -0.25) is 4.79 Å². The summed E-state index contributed by atoms with van der Waals surface area (Å²) in [6, 6.07) is 1.30. The highest BCUT2D eigenvalue weighted by Gasteiger charge is 2.29. The Hall–Kier alpha value is -1.12. The van der Waals surface area contributed by atoms with Gasteiger partial charge in [0.25, 0.3) is 0 Å². The molecule has 84 valence electrons. The van der Waals surface area contributed by atoms with Gasteiger partial charge in [-0.15, -0.1) is 0 Å². The molecule has 1 aliphatic rings. The number of rotatable bonds is 3. The van der Waals surface area contributed by atoms with E-state index in [1.807, 2.05) is 0 Å². The predicted molar refractivity (Wildman–Crippen MR) is 56.6 cm³/mol. The maximum atomic E-state index is 11.9. The van der Waals surface area contributed by atoms with Gasteiger partial charge in [-0.1, -0.05) is 0 Å². The minimum absolute atomic E-state index is 0.133. The largest absolute Gasteiger partial charge is 0.330 e. The molecule has 0 aromatic carbocycles. The van der Waals surface area contributed by atoms with Crippen molar-refractivity contribution in [2.24, 2.45) is 11.5 Å². The van der Waals surface area contributed by atoms with Gasteiger partial charge in [-0.05, 0) is 32.2 Å². The van der Waals surface area contributed by atoms with E-state index in [1.165, 1.54) is 0 Å². The molecule has 1 amide bonds. The van der Waals surface area contributed by atoms with Crippen molar-refractivity contribution in [2.45, 2.75) is 37.8 Å². The minimum atomic E-state index is -0.552. The number of carbonyl (C=O) groups excluding carboxylic acids is 1. The topological polar surface area (TPSA) is 96.1 Å². The second kappa shape index (κ2) is 5.69. The molecule has 0 aliphatic carbocycles. The normalized spacial score (nSPS) is 23.3. The zero-order chi connectivity index (χ0) is 11.3. The number of likely N-dealkylation sites (tertiary alicyclic amines) is 1. The fourth-order valence-corrected chi connectivity index (χ4v) is 1.85. The van der Waals surface area contributed by atoms with Crippen molar-refractivity contribution >= 4 is 5.91 Å². The van der Waals surface area contributed by atoms with E-state index in [1.54, 1.807) is 4.90 Å². The van der Waals surface area contributed by atoms with Crippen LogP contribution < -0.4 is 11.5 Å². The second-order valence-corrected chi connectivity index (χ2v) is 3.86. The van der Waals surface area contributed by atoms with Crippen LogP contribution in [0.1, 0.15) is 25.7 Å². The summed E-state index contributed by atoms with van der Waals surface area (Å²) in [7, 11) is 0. The van der Waals surface area contributed by atoms with Crippen LogP contribution in [0, 0.1) is 11.3 Å². The first-order valence-corrected chi connectivity index (χ1v) is 5.36. The molecular weight excluding hydrogens is 192 g/mol. The number of nitriles is 1. The summed E-state index contributed by atoms with van der Waals surface area (Å²) in [4.78, 5) is 13.5. The van der Waals surface area contributed by atoms with Crippen LogP contribution in [-0.2, 0) is 4.79 Å². The number of nitrogens with two attached hydrogens (primary N) is 2. The monoisotopic (exact) mass is 210 g/mol. The molecule has 0 bridgehead atoms. The summed E-state index contributed by atoms with van der Waals surface area (Å²) < 4.78 is 0. The standard InChI is InChI=1S/C10H18N4O/c11-5-4-9(13)10(15)14-6-2-1-3-8(14)7-12/h8-9H,1-6,11,13H2/t8?,9-/m0/s1. The van der Waals surface area contributed by atoms with Gasteiger partial charge in [0.1, 0.15) is 6.04 Å². The van der Waals surface area contributed by atoms with E-state index >= 15 is 0 Å². The summed E-state index contributed by atoms with van der Waals surface area (Å²) in [5, 5.41) is 8.91. The van der Waals surface area contributed by atoms with Crippen molar-refractivity contribution in [2.75, 3.05) is 13.1 Å². The molecule has 1 fully saturated rings. The Morgan fingerprint density at radius 1 is 1.60 bits per heavy atom. The SMILES string of the molecule is N#CC1CCCCN1C(=O)[C@@H](N)CCN. The first-order valence-electron chi connectivity index (χ1n) is 5.36. The molecule has 0 saturated carbocycles. The van der Waals surface area contributed by atoms with Gasteiger partial charge in [-0.2, -0.15) is 5.26 Å². The quantitative estimate of drug-likeness (QED) is 0.660. The Bertz CT molecular complexity index is 261. The Balaban J connectivity index is 2.60. The predicted octanol–water partition coefficient (Wildman–Crippen LogP) is -0.433. The van der Waals surface area contributed by atoms with Gasteiger partial charge in [-0.25, -0.2) is 0 Å². The average Bonchev–Trinajstić information content (AvgIpc) is 2.28. The van der Waals surface area contributed by atoms with Crippen LogP contribution >= 0.6 is 0 Å². The highest BCUT2D eigenvalue weighted by Crippen LogP contribution is 2.17. The molecule has 5 nitrogen and oxygen atoms in total. The van der Waals surface area contributed by atoms with Crippen LogP contribution in [0.3, 0.4) is 0 Å². The van der Waals surface area contributed by atoms with Gasteiger partial charge in [0.15, 0.2) is 0 Å². The number of piperidine rings is 1. The highest BCUT2D eigenvalue weighted by molar-refractivity contribution is 5.82. The number of hydrogen-bond donors (Lipinski definition) is 2. The van der Waals surface area contributed by atoms with Crippen molar-refractivity contribution in [3.8, 4) is 6.07 Å². The summed E-state index contributed by atoms with van der Waals surface area (Å²) in [6.45, 7) is 1.05. The maximum absolute atomic E-state index is 11.9. The molecule has 0 spiro atoms. The molecule has 0 aromatic heterocycles. The summed E-state index contributed by atoms with van der Waals surface area (Å²) >= 11 is 0. The van der Waals surface area contributed by atoms with Crippen LogP contribution in [0.25, 0.3) is 0 Å². The number of hydrogen-bond acceptors (Lipinski definition) is 4. The van der Waals surface area contributed by atoms with E-state index < -0.39 is 6.04 Å². The van der Waals surface area contributed by atoms with E-state index in [0.29, 0.717) is 19.5 Å². The van der Waals surface area contributed by atoms with Gasteiger partial charge in [0, 0.05) is 6.54 Å². The lowest BCUT2D eigenvalue weighted by atomic mass is 10.0. The fourth-order valence-electron chi connectivity index (χ4n) is 1.85. The van der Waals surface area contributed by atoms with Gasteiger partial charge in [0.2, 0.25) is 5.91 Å². The smallest absolute Gasteiger partial charge is 0.240 e. The zero-order valence-corrected chi connectivity index (χ0v) is 8.85. The summed E-state index contributed by atoms with van der Waals surface area (Å²) in [5.41, 5.74) is 11.0. The first-order chi connectivity index (χ1) is 7.20. The van der Waals surface area contributed by atoms with Crippen LogP contribution in [-0.4, -0.2) is 36.0 Å². The highest BCUT2D eigenvalue weighted by atomic mass is 16.2. The number of nitrogens with zero attached hydrogens (tertiary/aromatic N) is 2. The van der Waals surface area contributed by atoms with Crippen LogP contribution in [0.15, 0.2) is 0 Å². The summed E-state index contributed by atoms with van der Waals surface area (Å²) in [6.07, 6.45) is 3.21. The van der Waals surface area contributed by atoms with Crippen LogP contribution in [0.5, 0.6) is 0 Å². The Kier molecular flexibility index (Phi) is 4.53. The lowest BCUT2D eigenvalue weighted by molar-refractivity contribution is -0.135. The third kappa shape index (κ3) is 2.91. The third-order valence-corrected chi connectivity index (χ3v) is 2.73. The Morgan fingerprint density at radius 3 is 2.93 bits per heavy atom. The molecule has 4 N–H and O–H groups in total. The van der Waals surface area contributed by atoms with E-state index in [9.17, 15) is 4.79 Å².